The second-order valence-corrected chi connectivity index (χ2v) is 7.66. The Morgan fingerprint density at radius 2 is 2.12 bits per heavy atom. The van der Waals surface area contributed by atoms with Crippen molar-refractivity contribution in [1.29, 1.82) is 0 Å². The van der Waals surface area contributed by atoms with Crippen molar-refractivity contribution in [2.45, 2.75) is 51.7 Å². The molecule has 5 heteroatoms. The highest BCUT2D eigenvalue weighted by molar-refractivity contribution is 5.79. The zero-order valence-electron chi connectivity index (χ0n) is 16.5. The quantitative estimate of drug-likeness (QED) is 0.606. The van der Waals surface area contributed by atoms with Crippen LogP contribution in [-0.2, 0) is 4.74 Å². The molecule has 0 radical (unpaired) electrons. The van der Waals surface area contributed by atoms with Crippen LogP contribution in [-0.4, -0.2) is 62.3 Å². The lowest BCUT2D eigenvalue weighted by Gasteiger charge is -2.35. The van der Waals surface area contributed by atoms with Crippen molar-refractivity contribution in [1.82, 2.24) is 15.5 Å². The predicted octanol–water partition coefficient (Wildman–Crippen LogP) is 2.52. The molecule has 1 aromatic rings. The molecule has 0 aliphatic carbocycles. The van der Waals surface area contributed by atoms with Crippen LogP contribution in [0.25, 0.3) is 0 Å². The number of nitrogens with one attached hydrogen (secondary N) is 2. The summed E-state index contributed by atoms with van der Waals surface area (Å²) in [4.78, 5) is 7.37. The first-order valence-electron chi connectivity index (χ1n) is 10.1. The van der Waals surface area contributed by atoms with Crippen LogP contribution in [0.15, 0.2) is 29.3 Å². The van der Waals surface area contributed by atoms with Crippen LogP contribution in [0.2, 0.25) is 0 Å². The van der Waals surface area contributed by atoms with Gasteiger partial charge in [0, 0.05) is 38.1 Å². The van der Waals surface area contributed by atoms with Crippen molar-refractivity contribution < 1.29 is 4.74 Å². The maximum atomic E-state index is 6.04. The van der Waals surface area contributed by atoms with Crippen molar-refractivity contribution in [2.75, 3.05) is 39.3 Å². The first-order valence-corrected chi connectivity index (χ1v) is 10.1. The molecule has 0 aromatic heterocycles. The minimum atomic E-state index is 0.253. The molecule has 2 aliphatic heterocycles. The van der Waals surface area contributed by atoms with E-state index >= 15 is 0 Å². The van der Waals surface area contributed by atoms with E-state index in [0.717, 1.165) is 38.7 Å². The van der Waals surface area contributed by atoms with Crippen LogP contribution in [0.3, 0.4) is 0 Å². The fraction of sp³-hybridized carbons (Fsp3) is 0.667. The number of hydrogen-bond donors (Lipinski definition) is 2. The fourth-order valence-corrected chi connectivity index (χ4v) is 3.79. The van der Waals surface area contributed by atoms with Gasteiger partial charge in [-0.3, -0.25) is 9.89 Å². The second-order valence-electron chi connectivity index (χ2n) is 7.66. The molecule has 0 saturated carbocycles. The number of hydrogen-bond acceptors (Lipinski definition) is 3. The molecule has 0 spiro atoms. The van der Waals surface area contributed by atoms with E-state index in [9.17, 15) is 0 Å². The predicted molar refractivity (Wildman–Crippen MR) is 108 cm³/mol. The number of aryl methyl sites for hydroxylation is 1. The molecule has 2 aliphatic rings. The third-order valence-corrected chi connectivity index (χ3v) is 5.47. The highest BCUT2D eigenvalue weighted by atomic mass is 16.5. The van der Waals surface area contributed by atoms with Crippen molar-refractivity contribution in [3.63, 3.8) is 0 Å². The van der Waals surface area contributed by atoms with Gasteiger partial charge < -0.3 is 15.4 Å². The molecule has 3 unspecified atom stereocenters. The molecule has 1 aromatic carbocycles. The number of benzene rings is 1. The third-order valence-electron chi connectivity index (χ3n) is 5.47. The first-order chi connectivity index (χ1) is 12.7. The Hall–Kier alpha value is -1.59. The van der Waals surface area contributed by atoms with E-state index in [4.69, 9.17) is 9.73 Å². The minimum Gasteiger partial charge on any atom is -0.373 e. The number of morpholine rings is 1. The van der Waals surface area contributed by atoms with Crippen LogP contribution in [0.4, 0.5) is 0 Å². The largest absolute Gasteiger partial charge is 0.373 e. The molecule has 2 N–H and O–H groups in total. The summed E-state index contributed by atoms with van der Waals surface area (Å²) in [6.07, 6.45) is 2.86. The Kier molecular flexibility index (Phi) is 6.92. The molecule has 0 bridgehead atoms. The molecule has 5 nitrogen and oxygen atoms in total. The van der Waals surface area contributed by atoms with Crippen LogP contribution in [0.5, 0.6) is 0 Å². The zero-order chi connectivity index (χ0) is 18.4. The summed E-state index contributed by atoms with van der Waals surface area (Å²) in [6.45, 7) is 12.1. The van der Waals surface area contributed by atoms with Crippen LogP contribution < -0.4 is 10.6 Å². The summed E-state index contributed by atoms with van der Waals surface area (Å²) < 4.78 is 6.04. The zero-order valence-corrected chi connectivity index (χ0v) is 16.5. The maximum absolute atomic E-state index is 6.04. The SMILES string of the molecule is CCNC(=NCC(C)c1ccc(C)cc1)NCC1CN2CCCC2CO1. The second kappa shape index (κ2) is 9.38. The molecule has 3 rings (SSSR count). The normalized spacial score (nSPS) is 25.0. The van der Waals surface area contributed by atoms with Crippen molar-refractivity contribution >= 4 is 5.96 Å². The average molecular weight is 359 g/mol. The number of aliphatic imine (C=N–C) groups is 1. The summed E-state index contributed by atoms with van der Waals surface area (Å²) >= 11 is 0. The van der Waals surface area contributed by atoms with E-state index in [0.29, 0.717) is 12.0 Å². The van der Waals surface area contributed by atoms with Gasteiger partial charge in [0.2, 0.25) is 0 Å². The Labute approximate surface area is 158 Å². The Balaban J connectivity index is 1.49. The van der Waals surface area contributed by atoms with Gasteiger partial charge in [-0.25, -0.2) is 0 Å². The summed E-state index contributed by atoms with van der Waals surface area (Å²) in [5, 5.41) is 6.83. The lowest BCUT2D eigenvalue weighted by Crippen LogP contribution is -2.51. The summed E-state index contributed by atoms with van der Waals surface area (Å²) in [7, 11) is 0. The van der Waals surface area contributed by atoms with Gasteiger partial charge in [-0.15, -0.1) is 0 Å². The molecule has 2 fully saturated rings. The smallest absolute Gasteiger partial charge is 0.191 e. The van der Waals surface area contributed by atoms with Crippen LogP contribution in [0, 0.1) is 6.92 Å². The average Bonchev–Trinajstić information content (AvgIpc) is 3.12. The molecule has 26 heavy (non-hydrogen) atoms. The third kappa shape index (κ3) is 5.21. The molecule has 2 saturated heterocycles. The Morgan fingerprint density at radius 3 is 2.88 bits per heavy atom. The van der Waals surface area contributed by atoms with E-state index in [-0.39, 0.29) is 6.10 Å². The summed E-state index contributed by atoms with van der Waals surface area (Å²) in [5.41, 5.74) is 2.64. The lowest BCUT2D eigenvalue weighted by molar-refractivity contribution is -0.0453. The maximum Gasteiger partial charge on any atom is 0.191 e. The molecule has 0 amide bonds. The highest BCUT2D eigenvalue weighted by Gasteiger charge is 2.32. The Morgan fingerprint density at radius 1 is 1.31 bits per heavy atom. The van der Waals surface area contributed by atoms with Gasteiger partial charge in [0.05, 0.1) is 12.7 Å². The fourth-order valence-electron chi connectivity index (χ4n) is 3.79. The molecular weight excluding hydrogens is 324 g/mol. The molecule has 144 valence electrons. The van der Waals surface area contributed by atoms with Gasteiger partial charge in [-0.1, -0.05) is 36.8 Å². The topological polar surface area (TPSA) is 48.9 Å². The number of guanidine groups is 1. The number of rotatable bonds is 6. The van der Waals surface area contributed by atoms with Crippen molar-refractivity contribution in [2.24, 2.45) is 4.99 Å². The van der Waals surface area contributed by atoms with E-state index in [1.807, 2.05) is 0 Å². The van der Waals surface area contributed by atoms with E-state index in [1.165, 1.54) is 30.5 Å². The lowest BCUT2D eigenvalue weighted by atomic mass is 10.0. The standard InChI is InChI=1S/C21H34N4O/c1-4-22-21(23-12-17(3)18-9-7-16(2)8-10-18)24-13-20-14-25-11-5-6-19(25)15-26-20/h7-10,17,19-20H,4-6,11-15H2,1-3H3,(H2,22,23,24). The van der Waals surface area contributed by atoms with E-state index < -0.39 is 0 Å². The number of ether oxygens (including phenoxy) is 1. The van der Waals surface area contributed by atoms with Gasteiger partial charge in [0.25, 0.3) is 0 Å². The Bertz CT molecular complexity index is 586. The van der Waals surface area contributed by atoms with E-state index in [2.05, 4.69) is 60.6 Å². The van der Waals surface area contributed by atoms with E-state index in [1.54, 1.807) is 0 Å². The molecular formula is C21H34N4O. The van der Waals surface area contributed by atoms with Gasteiger partial charge in [-0.05, 0) is 38.8 Å². The number of fused-ring (bicyclic) bond motifs is 1. The minimum absolute atomic E-state index is 0.253. The summed E-state index contributed by atoms with van der Waals surface area (Å²) in [5.74, 6) is 1.29. The molecule has 2 heterocycles. The van der Waals surface area contributed by atoms with Gasteiger partial charge >= 0.3 is 0 Å². The van der Waals surface area contributed by atoms with Gasteiger partial charge in [0.1, 0.15) is 0 Å². The monoisotopic (exact) mass is 358 g/mol. The van der Waals surface area contributed by atoms with Crippen LogP contribution in [0.1, 0.15) is 43.7 Å². The first kappa shape index (κ1) is 19.2. The highest BCUT2D eigenvalue weighted by Crippen LogP contribution is 2.22. The van der Waals surface area contributed by atoms with Crippen molar-refractivity contribution in [3.05, 3.63) is 35.4 Å². The van der Waals surface area contributed by atoms with Gasteiger partial charge in [-0.2, -0.15) is 0 Å². The number of nitrogens with zero attached hydrogens (tertiary/aromatic N) is 2. The van der Waals surface area contributed by atoms with Crippen molar-refractivity contribution in [3.8, 4) is 0 Å². The molecule has 3 atom stereocenters. The summed E-state index contributed by atoms with van der Waals surface area (Å²) in [6, 6.07) is 9.41. The van der Waals surface area contributed by atoms with Gasteiger partial charge in [0.15, 0.2) is 5.96 Å². The van der Waals surface area contributed by atoms with Crippen LogP contribution >= 0.6 is 0 Å².